The van der Waals surface area contributed by atoms with E-state index in [1.165, 1.54) is 11.3 Å². The number of carbonyl (C=O) groups excluding carboxylic acids is 1. The monoisotopic (exact) mass is 565 g/mol. The minimum atomic E-state index is -0.415. The molecule has 0 radical (unpaired) electrons. The highest BCUT2D eigenvalue weighted by molar-refractivity contribution is 7.80. The Hall–Kier alpha value is -2.39. The Morgan fingerprint density at radius 2 is 1.82 bits per heavy atom. The third-order valence-electron chi connectivity index (χ3n) is 4.80. The molecule has 0 saturated heterocycles. The van der Waals surface area contributed by atoms with Crippen molar-refractivity contribution in [2.75, 3.05) is 5.32 Å². The van der Waals surface area contributed by atoms with Gasteiger partial charge < -0.3 is 9.73 Å². The largest absolute Gasteiger partial charge is 0.435 e. The van der Waals surface area contributed by atoms with Crippen molar-refractivity contribution >= 4 is 108 Å². The van der Waals surface area contributed by atoms with Crippen LogP contribution in [0.3, 0.4) is 0 Å². The second-order valence-corrected chi connectivity index (χ2v) is 10.2. The number of carbonyl (C=O) groups is 1. The normalized spacial score (nSPS) is 11.2. The predicted octanol–water partition coefficient (Wildman–Crippen LogP) is 8.45. The SMILES string of the molecule is O=C(NC(=S)Nc1cccc(-c2nc3cc(Cl)cc(Cl)c3o2)c1)c1sc2cc(Cl)ccc2c1Cl. The van der Waals surface area contributed by atoms with Gasteiger partial charge in [0.05, 0.1) is 10.0 Å². The van der Waals surface area contributed by atoms with E-state index < -0.39 is 5.91 Å². The molecule has 2 aromatic heterocycles. The second kappa shape index (κ2) is 9.34. The standard InChI is InChI=1S/C23H11Cl4N3O2S2/c24-11-4-5-14-17(9-11)34-20(18(14)27)21(31)30-23(33)28-13-3-1-2-10(6-13)22-29-16-8-12(25)7-15(26)19(16)32-22/h1-9H,(H2,28,30,31,33). The molecule has 0 aliphatic heterocycles. The lowest BCUT2D eigenvalue weighted by atomic mass is 10.2. The number of thiocarbonyl (C=S) groups is 1. The summed E-state index contributed by atoms with van der Waals surface area (Å²) in [4.78, 5) is 17.6. The molecule has 0 saturated carbocycles. The molecule has 0 atom stereocenters. The number of nitrogens with zero attached hydrogens (tertiary/aromatic N) is 1. The number of oxazole rings is 1. The van der Waals surface area contributed by atoms with Crippen LogP contribution in [0.5, 0.6) is 0 Å². The van der Waals surface area contributed by atoms with E-state index in [-0.39, 0.29) is 5.11 Å². The van der Waals surface area contributed by atoms with Crippen molar-refractivity contribution in [1.82, 2.24) is 10.3 Å². The highest BCUT2D eigenvalue weighted by atomic mass is 35.5. The summed E-state index contributed by atoms with van der Waals surface area (Å²) in [6.07, 6.45) is 0. The van der Waals surface area contributed by atoms with Gasteiger partial charge in [-0.3, -0.25) is 10.1 Å². The topological polar surface area (TPSA) is 67.2 Å². The van der Waals surface area contributed by atoms with Crippen LogP contribution < -0.4 is 10.6 Å². The molecule has 0 bridgehead atoms. The second-order valence-electron chi connectivity index (χ2n) is 7.13. The summed E-state index contributed by atoms with van der Waals surface area (Å²) in [7, 11) is 0. The number of aromatic nitrogens is 1. The number of nitrogens with one attached hydrogen (secondary N) is 2. The Labute approximate surface area is 222 Å². The molecule has 0 unspecified atom stereocenters. The van der Waals surface area contributed by atoms with Crippen LogP contribution in [0.1, 0.15) is 9.67 Å². The lowest BCUT2D eigenvalue weighted by molar-refractivity contribution is 0.0982. The summed E-state index contributed by atoms with van der Waals surface area (Å²) >= 11 is 31.3. The maximum absolute atomic E-state index is 12.8. The fourth-order valence-corrected chi connectivity index (χ4v) is 5.74. The molecule has 3 aromatic carbocycles. The van der Waals surface area contributed by atoms with Crippen LogP contribution in [0.4, 0.5) is 5.69 Å². The smallest absolute Gasteiger partial charge is 0.269 e. The summed E-state index contributed by atoms with van der Waals surface area (Å²) in [6.45, 7) is 0. The molecule has 2 N–H and O–H groups in total. The molecular formula is C23H11Cl4N3O2S2. The summed E-state index contributed by atoms with van der Waals surface area (Å²) in [5.74, 6) is -0.0464. The maximum Gasteiger partial charge on any atom is 0.269 e. The van der Waals surface area contributed by atoms with Gasteiger partial charge in [-0.05, 0) is 54.7 Å². The van der Waals surface area contributed by atoms with Gasteiger partial charge in [0.25, 0.3) is 5.91 Å². The minimum absolute atomic E-state index is 0.112. The third-order valence-corrected chi connectivity index (χ3v) is 7.40. The fraction of sp³-hybridized carbons (Fsp3) is 0. The molecular weight excluding hydrogens is 556 g/mol. The zero-order valence-corrected chi connectivity index (χ0v) is 21.4. The third kappa shape index (κ3) is 4.60. The lowest BCUT2D eigenvalue weighted by Crippen LogP contribution is -2.33. The highest BCUT2D eigenvalue weighted by Crippen LogP contribution is 2.37. The van der Waals surface area contributed by atoms with Gasteiger partial charge in [-0.2, -0.15) is 0 Å². The molecule has 5 aromatic rings. The van der Waals surface area contributed by atoms with Gasteiger partial charge in [0, 0.05) is 31.4 Å². The summed E-state index contributed by atoms with van der Waals surface area (Å²) < 4.78 is 6.63. The number of anilines is 1. The van der Waals surface area contributed by atoms with E-state index in [0.717, 1.165) is 10.1 Å². The zero-order valence-electron chi connectivity index (χ0n) is 16.8. The Morgan fingerprint density at radius 3 is 2.65 bits per heavy atom. The molecule has 0 aliphatic carbocycles. The van der Waals surface area contributed by atoms with Crippen molar-refractivity contribution < 1.29 is 9.21 Å². The minimum Gasteiger partial charge on any atom is -0.435 e. The molecule has 0 spiro atoms. The quantitative estimate of drug-likeness (QED) is 0.214. The first-order valence-corrected chi connectivity index (χ1v) is 12.4. The summed E-state index contributed by atoms with van der Waals surface area (Å²) in [5.41, 5.74) is 2.31. The van der Waals surface area contributed by atoms with Crippen LogP contribution in [0.15, 0.2) is 59.0 Å². The van der Waals surface area contributed by atoms with Crippen molar-refractivity contribution in [3.63, 3.8) is 0 Å². The van der Waals surface area contributed by atoms with E-state index in [1.807, 2.05) is 6.07 Å². The fourth-order valence-electron chi connectivity index (χ4n) is 3.32. The molecule has 34 heavy (non-hydrogen) atoms. The lowest BCUT2D eigenvalue weighted by Gasteiger charge is -2.09. The van der Waals surface area contributed by atoms with E-state index in [4.69, 9.17) is 63.0 Å². The molecule has 170 valence electrons. The zero-order chi connectivity index (χ0) is 24.0. The Kier molecular flexibility index (Phi) is 6.41. The van der Waals surface area contributed by atoms with Gasteiger partial charge in [-0.15, -0.1) is 11.3 Å². The van der Waals surface area contributed by atoms with Crippen molar-refractivity contribution in [2.24, 2.45) is 0 Å². The number of amides is 1. The van der Waals surface area contributed by atoms with Crippen LogP contribution in [0, 0.1) is 0 Å². The summed E-state index contributed by atoms with van der Waals surface area (Å²) in [6, 6.07) is 15.8. The molecule has 2 heterocycles. The Bertz CT molecular complexity index is 1610. The van der Waals surface area contributed by atoms with E-state index in [1.54, 1.807) is 48.5 Å². The number of halogens is 4. The average molecular weight is 567 g/mol. The van der Waals surface area contributed by atoms with Gasteiger partial charge in [0.2, 0.25) is 5.89 Å². The Balaban J connectivity index is 1.34. The molecule has 5 rings (SSSR count). The predicted molar refractivity (Wildman–Crippen MR) is 145 cm³/mol. The first-order valence-electron chi connectivity index (χ1n) is 9.64. The summed E-state index contributed by atoms with van der Waals surface area (Å²) in [5, 5.41) is 8.29. The molecule has 11 heteroatoms. The number of hydrogen-bond donors (Lipinski definition) is 2. The highest BCUT2D eigenvalue weighted by Gasteiger charge is 2.19. The maximum atomic E-state index is 12.8. The van der Waals surface area contributed by atoms with E-state index in [2.05, 4.69) is 15.6 Å². The van der Waals surface area contributed by atoms with E-state index in [0.29, 0.717) is 53.2 Å². The van der Waals surface area contributed by atoms with Crippen LogP contribution in [-0.2, 0) is 0 Å². The molecule has 5 nitrogen and oxygen atoms in total. The Morgan fingerprint density at radius 1 is 1.00 bits per heavy atom. The van der Waals surface area contributed by atoms with Crippen molar-refractivity contribution in [3.8, 4) is 11.5 Å². The van der Waals surface area contributed by atoms with Crippen LogP contribution in [0.2, 0.25) is 20.1 Å². The van der Waals surface area contributed by atoms with Crippen molar-refractivity contribution in [2.45, 2.75) is 0 Å². The van der Waals surface area contributed by atoms with E-state index in [9.17, 15) is 4.79 Å². The first-order chi connectivity index (χ1) is 16.3. The van der Waals surface area contributed by atoms with E-state index >= 15 is 0 Å². The molecule has 0 fully saturated rings. The van der Waals surface area contributed by atoms with Crippen LogP contribution in [0.25, 0.3) is 32.6 Å². The van der Waals surface area contributed by atoms with Gasteiger partial charge in [0.1, 0.15) is 10.4 Å². The average Bonchev–Trinajstić information content (AvgIpc) is 3.35. The number of rotatable bonds is 3. The van der Waals surface area contributed by atoms with Gasteiger partial charge in [-0.1, -0.05) is 58.5 Å². The number of benzene rings is 3. The number of fused-ring (bicyclic) bond motifs is 2. The van der Waals surface area contributed by atoms with Crippen LogP contribution in [-0.4, -0.2) is 16.0 Å². The van der Waals surface area contributed by atoms with Crippen molar-refractivity contribution in [3.05, 3.63) is 79.6 Å². The first kappa shape index (κ1) is 23.4. The number of hydrogen-bond acceptors (Lipinski definition) is 5. The van der Waals surface area contributed by atoms with Crippen LogP contribution >= 0.6 is 70.0 Å². The number of thiophene rings is 1. The molecule has 0 aliphatic rings. The molecule has 1 amide bonds. The van der Waals surface area contributed by atoms with Crippen molar-refractivity contribution in [1.29, 1.82) is 0 Å². The van der Waals surface area contributed by atoms with Gasteiger partial charge >= 0.3 is 0 Å². The van der Waals surface area contributed by atoms with Gasteiger partial charge in [-0.25, -0.2) is 4.98 Å². The van der Waals surface area contributed by atoms with Gasteiger partial charge in [0.15, 0.2) is 10.7 Å².